The number of hydrogen-bond donors (Lipinski definition) is 0. The fraction of sp³-hybridized carbons (Fsp3) is 0.0577. The Labute approximate surface area is 324 Å². The van der Waals surface area contributed by atoms with E-state index in [-0.39, 0.29) is 5.41 Å². The summed E-state index contributed by atoms with van der Waals surface area (Å²) in [4.78, 5) is 15.4. The van der Waals surface area contributed by atoms with Crippen LogP contribution in [0, 0.1) is 0 Å². The monoisotopic (exact) mass is 717 g/mol. The van der Waals surface area contributed by atoms with Gasteiger partial charge in [-0.05, 0) is 63.7 Å². The zero-order valence-corrected chi connectivity index (χ0v) is 31.0. The van der Waals surface area contributed by atoms with E-state index >= 15 is 0 Å². The molecule has 0 atom stereocenters. The van der Waals surface area contributed by atoms with Crippen molar-refractivity contribution in [2.45, 2.75) is 19.3 Å². The van der Waals surface area contributed by atoms with E-state index in [1.165, 1.54) is 22.3 Å². The summed E-state index contributed by atoms with van der Waals surface area (Å²) in [6, 6.07) is 61.7. The maximum absolute atomic E-state index is 6.58. The van der Waals surface area contributed by atoms with Gasteiger partial charge in [-0.15, -0.1) is 0 Å². The van der Waals surface area contributed by atoms with Gasteiger partial charge >= 0.3 is 0 Å². The molecular formula is C52H35N3O. The normalized spacial score (nSPS) is 13.0. The Bertz CT molecular complexity index is 3140. The first-order valence-corrected chi connectivity index (χ1v) is 19.1. The van der Waals surface area contributed by atoms with Crippen molar-refractivity contribution < 1.29 is 4.42 Å². The molecule has 0 saturated carbocycles. The van der Waals surface area contributed by atoms with Gasteiger partial charge in [0.15, 0.2) is 11.4 Å². The number of benzene rings is 7. The number of hydrogen-bond acceptors (Lipinski definition) is 4. The third kappa shape index (κ3) is 5.10. The molecule has 3 aromatic heterocycles. The quantitative estimate of drug-likeness (QED) is 0.178. The van der Waals surface area contributed by atoms with Crippen molar-refractivity contribution in [3.63, 3.8) is 0 Å². The molecule has 0 amide bonds. The third-order valence-corrected chi connectivity index (χ3v) is 11.5. The maximum Gasteiger partial charge on any atom is 0.162 e. The second kappa shape index (κ2) is 12.4. The van der Waals surface area contributed by atoms with Crippen molar-refractivity contribution in [3.8, 4) is 67.4 Å². The van der Waals surface area contributed by atoms with Crippen LogP contribution in [0.25, 0.3) is 100 Å². The second-order valence-electron chi connectivity index (χ2n) is 15.2. The predicted molar refractivity (Wildman–Crippen MR) is 229 cm³/mol. The Morgan fingerprint density at radius 2 is 1.05 bits per heavy atom. The number of fused-ring (bicyclic) bond motifs is 8. The van der Waals surface area contributed by atoms with Gasteiger partial charge in [-0.2, -0.15) is 0 Å². The molecule has 0 saturated heterocycles. The highest BCUT2D eigenvalue weighted by molar-refractivity contribution is 6.21. The first-order chi connectivity index (χ1) is 27.5. The minimum atomic E-state index is -0.101. The zero-order chi connectivity index (χ0) is 37.4. The van der Waals surface area contributed by atoms with E-state index < -0.39 is 0 Å². The molecule has 0 unspecified atom stereocenters. The average Bonchev–Trinajstić information content (AvgIpc) is 3.76. The molecule has 0 fully saturated rings. The van der Waals surface area contributed by atoms with Gasteiger partial charge in [0.05, 0.1) is 16.9 Å². The zero-order valence-electron chi connectivity index (χ0n) is 31.0. The molecule has 1 aliphatic rings. The van der Waals surface area contributed by atoms with Crippen molar-refractivity contribution in [3.05, 3.63) is 187 Å². The van der Waals surface area contributed by atoms with Gasteiger partial charge in [0.2, 0.25) is 0 Å². The summed E-state index contributed by atoms with van der Waals surface area (Å²) < 4.78 is 6.58. The van der Waals surface area contributed by atoms with Crippen molar-refractivity contribution >= 4 is 32.8 Å². The number of rotatable bonds is 5. The van der Waals surface area contributed by atoms with E-state index in [9.17, 15) is 0 Å². The Morgan fingerprint density at radius 3 is 1.86 bits per heavy atom. The standard InChI is InChI=1S/C52H35N3O/c1-52(2)42-19-11-9-17-38(42)39-27-25-37(30-43(39)52)46-31-45(54-51(55-46)35-15-7-4-8-16-35)33-23-21-32(22-24-33)36-26-28-47-41(29-36)48-40-18-10-12-20-44(40)53-49(50(48)56-47)34-13-5-3-6-14-34/h3-31H,1-2H3. The third-order valence-electron chi connectivity index (χ3n) is 11.5. The average molecular weight is 718 g/mol. The molecule has 264 valence electrons. The first-order valence-electron chi connectivity index (χ1n) is 19.1. The van der Waals surface area contributed by atoms with Gasteiger partial charge in [-0.1, -0.05) is 159 Å². The van der Waals surface area contributed by atoms with Crippen LogP contribution in [0.4, 0.5) is 0 Å². The molecule has 56 heavy (non-hydrogen) atoms. The fourth-order valence-electron chi connectivity index (χ4n) is 8.61. The summed E-state index contributed by atoms with van der Waals surface area (Å²) >= 11 is 0. The van der Waals surface area contributed by atoms with Crippen LogP contribution in [0.1, 0.15) is 25.0 Å². The lowest BCUT2D eigenvalue weighted by Gasteiger charge is -2.22. The molecule has 11 rings (SSSR count). The van der Waals surface area contributed by atoms with Gasteiger partial charge in [0, 0.05) is 43.8 Å². The SMILES string of the molecule is CC1(C)c2ccccc2-c2ccc(-c3cc(-c4ccc(-c5ccc6oc7c(-c8ccccc8)nc8ccccc8c7c6c5)cc4)nc(-c4ccccc4)n3)cc21. The Kier molecular flexibility index (Phi) is 7.17. The molecule has 10 aromatic rings. The molecule has 0 bridgehead atoms. The van der Waals surface area contributed by atoms with Gasteiger partial charge in [-0.3, -0.25) is 0 Å². The predicted octanol–water partition coefficient (Wildman–Crippen LogP) is 13.6. The van der Waals surface area contributed by atoms with Crippen LogP contribution < -0.4 is 0 Å². The van der Waals surface area contributed by atoms with Crippen LogP contribution in [-0.4, -0.2) is 15.0 Å². The largest absolute Gasteiger partial charge is 0.454 e. The highest BCUT2D eigenvalue weighted by atomic mass is 16.3. The summed E-state index contributed by atoms with van der Waals surface area (Å²) in [7, 11) is 0. The van der Waals surface area contributed by atoms with Crippen LogP contribution in [0.5, 0.6) is 0 Å². The lowest BCUT2D eigenvalue weighted by atomic mass is 9.82. The fourth-order valence-corrected chi connectivity index (χ4v) is 8.61. The van der Waals surface area contributed by atoms with Crippen LogP contribution in [0.3, 0.4) is 0 Å². The van der Waals surface area contributed by atoms with E-state index in [2.05, 4.69) is 147 Å². The van der Waals surface area contributed by atoms with E-state index in [1.54, 1.807) is 0 Å². The summed E-state index contributed by atoms with van der Waals surface area (Å²) in [5.41, 5.74) is 16.8. The van der Waals surface area contributed by atoms with Crippen LogP contribution in [-0.2, 0) is 5.41 Å². The Balaban J connectivity index is 1.01. The second-order valence-corrected chi connectivity index (χ2v) is 15.2. The summed E-state index contributed by atoms with van der Waals surface area (Å²) in [6.45, 7) is 4.63. The summed E-state index contributed by atoms with van der Waals surface area (Å²) in [6.07, 6.45) is 0. The molecule has 0 radical (unpaired) electrons. The molecule has 0 N–H and O–H groups in total. The van der Waals surface area contributed by atoms with Crippen LogP contribution in [0.2, 0.25) is 0 Å². The van der Waals surface area contributed by atoms with E-state index in [4.69, 9.17) is 19.4 Å². The Hall–Kier alpha value is -7.17. The van der Waals surface area contributed by atoms with Crippen molar-refractivity contribution in [2.24, 2.45) is 0 Å². The van der Waals surface area contributed by atoms with Gasteiger partial charge in [-0.25, -0.2) is 15.0 Å². The van der Waals surface area contributed by atoms with E-state index in [0.717, 1.165) is 83.3 Å². The number of aromatic nitrogens is 3. The molecule has 0 spiro atoms. The molecule has 7 aromatic carbocycles. The molecule has 3 heterocycles. The van der Waals surface area contributed by atoms with Gasteiger partial charge < -0.3 is 4.42 Å². The lowest BCUT2D eigenvalue weighted by Crippen LogP contribution is -2.14. The Morgan fingerprint density at radius 1 is 0.429 bits per heavy atom. The summed E-state index contributed by atoms with van der Waals surface area (Å²) in [5, 5.41) is 3.24. The van der Waals surface area contributed by atoms with E-state index in [0.29, 0.717) is 5.82 Å². The van der Waals surface area contributed by atoms with Crippen molar-refractivity contribution in [1.82, 2.24) is 15.0 Å². The smallest absolute Gasteiger partial charge is 0.162 e. The molecule has 1 aliphatic carbocycles. The number of nitrogens with zero attached hydrogens (tertiary/aromatic N) is 3. The van der Waals surface area contributed by atoms with Gasteiger partial charge in [0.1, 0.15) is 11.3 Å². The molecular weight excluding hydrogens is 683 g/mol. The minimum absolute atomic E-state index is 0.101. The lowest BCUT2D eigenvalue weighted by molar-refractivity contribution is 0.660. The number of para-hydroxylation sites is 1. The number of pyridine rings is 1. The summed E-state index contributed by atoms with van der Waals surface area (Å²) in [5.74, 6) is 0.707. The molecule has 4 heteroatoms. The van der Waals surface area contributed by atoms with Crippen molar-refractivity contribution in [2.75, 3.05) is 0 Å². The van der Waals surface area contributed by atoms with Crippen LogP contribution >= 0.6 is 0 Å². The number of furan rings is 1. The van der Waals surface area contributed by atoms with Gasteiger partial charge in [0.25, 0.3) is 0 Å². The topological polar surface area (TPSA) is 51.8 Å². The highest BCUT2D eigenvalue weighted by Crippen LogP contribution is 2.49. The van der Waals surface area contributed by atoms with E-state index in [1.807, 2.05) is 42.5 Å². The first kappa shape index (κ1) is 32.3. The minimum Gasteiger partial charge on any atom is -0.454 e. The highest BCUT2D eigenvalue weighted by Gasteiger charge is 2.35. The maximum atomic E-state index is 6.58. The van der Waals surface area contributed by atoms with Crippen LogP contribution in [0.15, 0.2) is 180 Å². The molecule has 0 aliphatic heterocycles. The van der Waals surface area contributed by atoms with Crippen molar-refractivity contribution in [1.29, 1.82) is 0 Å². The molecule has 4 nitrogen and oxygen atoms in total.